The molecule has 0 aliphatic rings. The highest BCUT2D eigenvalue weighted by atomic mass is 19.1. The molecule has 1 aromatic heterocycles. The Bertz CT molecular complexity index is 626. The van der Waals surface area contributed by atoms with Gasteiger partial charge in [-0.1, -0.05) is 17.3 Å². The van der Waals surface area contributed by atoms with Crippen molar-refractivity contribution in [1.82, 2.24) is 5.16 Å². The van der Waals surface area contributed by atoms with Crippen LogP contribution in [0.4, 0.5) is 4.39 Å². The second kappa shape index (κ2) is 4.50. The number of alkyl halides is 1. The van der Waals surface area contributed by atoms with Crippen LogP contribution in [-0.4, -0.2) is 16.2 Å². The van der Waals surface area contributed by atoms with Gasteiger partial charge in [-0.05, 0) is 38.0 Å². The first-order chi connectivity index (χ1) is 8.79. The van der Waals surface area contributed by atoms with Crippen LogP contribution in [0.1, 0.15) is 35.5 Å². The number of carboxylic acids is 1. The Morgan fingerprint density at radius 1 is 1.37 bits per heavy atom. The average molecular weight is 263 g/mol. The minimum absolute atomic E-state index is 0.237. The number of halogens is 1. The summed E-state index contributed by atoms with van der Waals surface area (Å²) in [7, 11) is 0. The summed E-state index contributed by atoms with van der Waals surface area (Å²) >= 11 is 0. The van der Waals surface area contributed by atoms with Crippen LogP contribution in [0.3, 0.4) is 0 Å². The Balaban J connectivity index is 2.51. The third-order valence-electron chi connectivity index (χ3n) is 2.92. The highest BCUT2D eigenvalue weighted by Gasteiger charge is 2.21. The maximum Gasteiger partial charge on any atom is 0.374 e. The average Bonchev–Trinajstić information content (AvgIpc) is 2.77. The van der Waals surface area contributed by atoms with Crippen molar-refractivity contribution in [2.75, 3.05) is 0 Å². The first-order valence-corrected chi connectivity index (χ1v) is 5.79. The molecule has 1 heterocycles. The Morgan fingerprint density at radius 2 is 2.05 bits per heavy atom. The number of rotatable bonds is 3. The smallest absolute Gasteiger partial charge is 0.374 e. The number of aryl methyl sites for hydroxylation is 1. The van der Waals surface area contributed by atoms with Crippen LogP contribution in [0, 0.1) is 6.92 Å². The molecular weight excluding hydrogens is 249 g/mol. The molecule has 0 radical (unpaired) electrons. The SMILES string of the molecule is Cc1ccc(C(C)(C)F)cc1-c1cc(C(=O)O)on1. The van der Waals surface area contributed by atoms with Gasteiger partial charge in [0.25, 0.3) is 0 Å². The van der Waals surface area contributed by atoms with Gasteiger partial charge < -0.3 is 9.63 Å². The summed E-state index contributed by atoms with van der Waals surface area (Å²) in [4.78, 5) is 10.8. The van der Waals surface area contributed by atoms with Gasteiger partial charge >= 0.3 is 5.97 Å². The lowest BCUT2D eigenvalue weighted by molar-refractivity contribution is 0.0652. The molecule has 0 spiro atoms. The van der Waals surface area contributed by atoms with Gasteiger partial charge in [-0.3, -0.25) is 0 Å². The number of hydrogen-bond acceptors (Lipinski definition) is 3. The van der Waals surface area contributed by atoms with E-state index in [0.29, 0.717) is 16.8 Å². The van der Waals surface area contributed by atoms with Crippen molar-refractivity contribution in [3.8, 4) is 11.3 Å². The molecule has 5 heteroatoms. The molecule has 0 bridgehead atoms. The van der Waals surface area contributed by atoms with Crippen molar-refractivity contribution in [3.05, 3.63) is 41.2 Å². The van der Waals surface area contributed by atoms with E-state index in [0.717, 1.165) is 5.56 Å². The van der Waals surface area contributed by atoms with Gasteiger partial charge in [0, 0.05) is 11.6 Å². The Kier molecular flexibility index (Phi) is 3.14. The summed E-state index contributed by atoms with van der Waals surface area (Å²) in [6.07, 6.45) is 0. The summed E-state index contributed by atoms with van der Waals surface area (Å²) in [5.41, 5.74) is 0.966. The molecule has 4 nitrogen and oxygen atoms in total. The second-order valence-electron chi connectivity index (χ2n) is 4.88. The molecular formula is C14H14FNO3. The first-order valence-electron chi connectivity index (χ1n) is 5.79. The first kappa shape index (κ1) is 13.3. The fraction of sp³-hybridized carbons (Fsp3) is 0.286. The van der Waals surface area contributed by atoms with E-state index in [1.807, 2.05) is 6.92 Å². The Morgan fingerprint density at radius 3 is 2.58 bits per heavy atom. The van der Waals surface area contributed by atoms with Crippen molar-refractivity contribution >= 4 is 5.97 Å². The van der Waals surface area contributed by atoms with Gasteiger partial charge in [0.2, 0.25) is 5.76 Å². The van der Waals surface area contributed by atoms with Crippen molar-refractivity contribution < 1.29 is 18.8 Å². The molecule has 2 rings (SSSR count). The molecule has 0 amide bonds. The lowest BCUT2D eigenvalue weighted by Gasteiger charge is -2.16. The summed E-state index contributed by atoms with van der Waals surface area (Å²) in [6.45, 7) is 4.78. The van der Waals surface area contributed by atoms with E-state index in [4.69, 9.17) is 9.63 Å². The number of aromatic carboxylic acids is 1. The molecule has 0 aliphatic carbocycles. The Labute approximate surface area is 109 Å². The minimum atomic E-state index is -1.47. The minimum Gasteiger partial charge on any atom is -0.475 e. The maximum absolute atomic E-state index is 13.9. The van der Waals surface area contributed by atoms with E-state index in [9.17, 15) is 9.18 Å². The van der Waals surface area contributed by atoms with E-state index in [1.165, 1.54) is 19.9 Å². The molecule has 0 atom stereocenters. The van der Waals surface area contributed by atoms with Crippen LogP contribution in [0.15, 0.2) is 28.8 Å². The quantitative estimate of drug-likeness (QED) is 0.919. The number of carbonyl (C=O) groups is 1. The van der Waals surface area contributed by atoms with Crippen LogP contribution in [-0.2, 0) is 5.67 Å². The number of carboxylic acid groups (broad SMARTS) is 1. The molecule has 0 saturated carbocycles. The van der Waals surface area contributed by atoms with Crippen LogP contribution >= 0.6 is 0 Å². The fourth-order valence-electron chi connectivity index (χ4n) is 1.77. The summed E-state index contributed by atoms with van der Waals surface area (Å²) < 4.78 is 18.7. The van der Waals surface area contributed by atoms with Gasteiger partial charge in [0.15, 0.2) is 0 Å². The predicted octanol–water partition coefficient (Wildman–Crippen LogP) is 3.55. The van der Waals surface area contributed by atoms with Gasteiger partial charge in [-0.25, -0.2) is 9.18 Å². The van der Waals surface area contributed by atoms with Gasteiger partial charge in [-0.2, -0.15) is 0 Å². The number of aromatic nitrogens is 1. The zero-order valence-electron chi connectivity index (χ0n) is 10.9. The van der Waals surface area contributed by atoms with E-state index < -0.39 is 11.6 Å². The monoisotopic (exact) mass is 263 g/mol. The zero-order valence-corrected chi connectivity index (χ0v) is 10.9. The highest BCUT2D eigenvalue weighted by Crippen LogP contribution is 2.31. The Hall–Kier alpha value is -2.17. The van der Waals surface area contributed by atoms with E-state index in [1.54, 1.807) is 18.2 Å². The normalized spacial score (nSPS) is 11.6. The standard InChI is InChI=1S/C14H14FNO3/c1-8-4-5-9(14(2,3)15)6-10(8)11-7-12(13(17)18)19-16-11/h4-7H,1-3H3,(H,17,18). The van der Waals surface area contributed by atoms with E-state index in [-0.39, 0.29) is 5.76 Å². The third-order valence-corrected chi connectivity index (χ3v) is 2.92. The molecule has 0 saturated heterocycles. The lowest BCUT2D eigenvalue weighted by atomic mass is 9.94. The summed E-state index contributed by atoms with van der Waals surface area (Å²) in [6, 6.07) is 6.48. The number of hydrogen-bond donors (Lipinski definition) is 1. The summed E-state index contributed by atoms with van der Waals surface area (Å²) in [5.74, 6) is -1.42. The maximum atomic E-state index is 13.9. The highest BCUT2D eigenvalue weighted by molar-refractivity contribution is 5.85. The van der Waals surface area contributed by atoms with Crippen molar-refractivity contribution in [2.45, 2.75) is 26.4 Å². The largest absolute Gasteiger partial charge is 0.475 e. The topological polar surface area (TPSA) is 63.3 Å². The zero-order chi connectivity index (χ0) is 14.2. The van der Waals surface area contributed by atoms with Crippen LogP contribution in [0.25, 0.3) is 11.3 Å². The summed E-state index contributed by atoms with van der Waals surface area (Å²) in [5, 5.41) is 12.5. The van der Waals surface area contributed by atoms with Crippen LogP contribution in [0.5, 0.6) is 0 Å². The van der Waals surface area contributed by atoms with Gasteiger partial charge in [0.05, 0.1) is 0 Å². The van der Waals surface area contributed by atoms with E-state index in [2.05, 4.69) is 5.16 Å². The van der Waals surface area contributed by atoms with Crippen molar-refractivity contribution in [2.24, 2.45) is 0 Å². The molecule has 0 aliphatic heterocycles. The fourth-order valence-corrected chi connectivity index (χ4v) is 1.77. The number of nitrogens with zero attached hydrogens (tertiary/aromatic N) is 1. The second-order valence-corrected chi connectivity index (χ2v) is 4.88. The van der Waals surface area contributed by atoms with Crippen LogP contribution in [0.2, 0.25) is 0 Å². The number of benzene rings is 1. The molecule has 1 aromatic carbocycles. The van der Waals surface area contributed by atoms with Gasteiger partial charge in [0.1, 0.15) is 11.4 Å². The molecule has 1 N–H and O–H groups in total. The molecule has 19 heavy (non-hydrogen) atoms. The predicted molar refractivity (Wildman–Crippen MR) is 67.8 cm³/mol. The molecule has 0 unspecified atom stereocenters. The molecule has 0 fully saturated rings. The molecule has 100 valence electrons. The van der Waals surface area contributed by atoms with Crippen molar-refractivity contribution in [1.29, 1.82) is 0 Å². The van der Waals surface area contributed by atoms with Gasteiger partial charge in [-0.15, -0.1) is 0 Å². The lowest BCUT2D eigenvalue weighted by Crippen LogP contribution is -2.09. The van der Waals surface area contributed by atoms with Crippen molar-refractivity contribution in [3.63, 3.8) is 0 Å². The van der Waals surface area contributed by atoms with E-state index >= 15 is 0 Å². The third kappa shape index (κ3) is 2.65. The molecule has 2 aromatic rings. The van der Waals surface area contributed by atoms with Crippen LogP contribution < -0.4 is 0 Å².